The first-order chi connectivity index (χ1) is 11.6. The molecule has 2 aromatic carbocycles. The van der Waals surface area contributed by atoms with Gasteiger partial charge >= 0.3 is 12.4 Å². The van der Waals surface area contributed by atoms with Crippen molar-refractivity contribution in [2.24, 2.45) is 4.99 Å². The maximum absolute atomic E-state index is 12.0. The Morgan fingerprint density at radius 2 is 1.96 bits per heavy atom. The Kier molecular flexibility index (Phi) is 3.32. The quantitative estimate of drug-likeness (QED) is 0.678. The van der Waals surface area contributed by atoms with Crippen LogP contribution in [0.3, 0.4) is 0 Å². The summed E-state index contributed by atoms with van der Waals surface area (Å²) < 4.78 is 15.4. The molecule has 0 saturated carbocycles. The van der Waals surface area contributed by atoms with Crippen molar-refractivity contribution in [3.63, 3.8) is 0 Å². The van der Waals surface area contributed by atoms with Crippen LogP contribution in [0, 0.1) is 6.92 Å². The Morgan fingerprint density at radius 1 is 1.12 bits per heavy atom. The van der Waals surface area contributed by atoms with Gasteiger partial charge in [-0.1, -0.05) is 23.8 Å². The van der Waals surface area contributed by atoms with Gasteiger partial charge in [-0.25, -0.2) is 9.79 Å². The van der Waals surface area contributed by atoms with Crippen LogP contribution >= 0.6 is 0 Å². The fourth-order valence-electron chi connectivity index (χ4n) is 2.51. The highest BCUT2D eigenvalue weighted by Gasteiger charge is 2.25. The lowest BCUT2D eigenvalue weighted by atomic mass is 10.1. The summed E-state index contributed by atoms with van der Waals surface area (Å²) in [5.41, 5.74) is 2.69. The molecule has 0 aliphatic carbocycles. The fourth-order valence-corrected chi connectivity index (χ4v) is 2.51. The number of cyclic esters (lactones) is 1. The van der Waals surface area contributed by atoms with Crippen LogP contribution in [0.15, 0.2) is 53.2 Å². The number of hydrogen-bond acceptors (Lipinski definition) is 6. The monoisotopic (exact) mass is 323 g/mol. The van der Waals surface area contributed by atoms with Crippen LogP contribution in [0.5, 0.6) is 11.5 Å². The summed E-state index contributed by atoms with van der Waals surface area (Å²) in [4.78, 5) is 16.3. The fraction of sp³-hybridized carbons (Fsp3) is 0.111. The number of benzene rings is 2. The van der Waals surface area contributed by atoms with E-state index in [2.05, 4.69) is 4.99 Å². The molecule has 0 saturated heterocycles. The van der Waals surface area contributed by atoms with Gasteiger partial charge in [0.05, 0.1) is 0 Å². The number of aliphatic imine (C=N–C) groups is 1. The smallest absolute Gasteiger partial charge is 0.363 e. The number of fused-ring (bicyclic) bond motifs is 1. The van der Waals surface area contributed by atoms with E-state index in [1.807, 2.05) is 31.2 Å². The van der Waals surface area contributed by atoms with Crippen LogP contribution in [0.25, 0.3) is 6.08 Å². The Morgan fingerprint density at radius 3 is 2.79 bits per heavy atom. The zero-order valence-corrected chi connectivity index (χ0v) is 12.7. The van der Waals surface area contributed by atoms with Crippen LogP contribution in [-0.4, -0.2) is 23.4 Å². The number of hydrogen-bond donors (Lipinski definition) is 1. The highest BCUT2D eigenvalue weighted by atomic mass is 16.8. The summed E-state index contributed by atoms with van der Waals surface area (Å²) in [5, 5.41) is 9.30. The van der Waals surface area contributed by atoms with Crippen molar-refractivity contribution in [1.82, 2.24) is 0 Å². The second-order valence-electron chi connectivity index (χ2n) is 5.45. The van der Waals surface area contributed by atoms with Crippen molar-refractivity contribution in [2.45, 2.75) is 13.4 Å². The van der Waals surface area contributed by atoms with E-state index in [0.717, 1.165) is 11.1 Å². The summed E-state index contributed by atoms with van der Waals surface area (Å²) in [5.74, 6) is 0.629. The number of carbonyl (C=O) groups is 1. The normalized spacial score (nSPS) is 20.2. The first kappa shape index (κ1) is 14.5. The van der Waals surface area contributed by atoms with Crippen LogP contribution in [-0.2, 0) is 9.53 Å². The lowest BCUT2D eigenvalue weighted by Gasteiger charge is -1.99. The molecule has 6 nitrogen and oxygen atoms in total. The van der Waals surface area contributed by atoms with E-state index in [9.17, 15) is 9.90 Å². The van der Waals surface area contributed by atoms with E-state index in [0.29, 0.717) is 17.1 Å². The highest BCUT2D eigenvalue weighted by Crippen LogP contribution is 2.35. The third kappa shape index (κ3) is 2.63. The minimum Gasteiger partial charge on any atom is -0.428 e. The molecule has 1 unspecified atom stereocenters. The molecule has 120 valence electrons. The Labute approximate surface area is 137 Å². The maximum Gasteiger partial charge on any atom is 0.363 e. The van der Waals surface area contributed by atoms with Gasteiger partial charge in [-0.05, 0) is 42.8 Å². The van der Waals surface area contributed by atoms with Crippen molar-refractivity contribution in [3.8, 4) is 11.5 Å². The van der Waals surface area contributed by atoms with Gasteiger partial charge in [-0.3, -0.25) is 0 Å². The molecule has 2 aliphatic heterocycles. The number of rotatable bonds is 2. The highest BCUT2D eigenvalue weighted by molar-refractivity contribution is 6.12. The van der Waals surface area contributed by atoms with E-state index in [-0.39, 0.29) is 11.6 Å². The maximum atomic E-state index is 12.0. The number of aryl methyl sites for hydroxylation is 1. The minimum absolute atomic E-state index is 0.200. The number of esters is 1. The molecular weight excluding hydrogens is 310 g/mol. The van der Waals surface area contributed by atoms with Gasteiger partial charge in [0.2, 0.25) is 5.90 Å². The summed E-state index contributed by atoms with van der Waals surface area (Å²) >= 11 is 0. The van der Waals surface area contributed by atoms with E-state index >= 15 is 0 Å². The molecule has 2 aromatic rings. The molecule has 2 aliphatic rings. The molecule has 0 amide bonds. The lowest BCUT2D eigenvalue weighted by Crippen LogP contribution is -2.15. The molecule has 1 N–H and O–H groups in total. The van der Waals surface area contributed by atoms with Gasteiger partial charge in [-0.15, -0.1) is 0 Å². The molecule has 4 rings (SSSR count). The Balaban J connectivity index is 1.65. The number of aliphatic hydroxyl groups is 1. The first-order valence-corrected chi connectivity index (χ1v) is 7.33. The van der Waals surface area contributed by atoms with Crippen molar-refractivity contribution < 1.29 is 24.1 Å². The van der Waals surface area contributed by atoms with Crippen LogP contribution in [0.2, 0.25) is 0 Å². The molecule has 6 heteroatoms. The van der Waals surface area contributed by atoms with Crippen molar-refractivity contribution in [3.05, 3.63) is 64.9 Å². The summed E-state index contributed by atoms with van der Waals surface area (Å²) in [6.07, 6.45) is 1.60. The predicted molar refractivity (Wildman–Crippen MR) is 85.5 cm³/mol. The number of nitrogens with zero attached hydrogens (tertiary/aromatic N) is 1. The lowest BCUT2D eigenvalue weighted by molar-refractivity contribution is -0.133. The van der Waals surface area contributed by atoms with Gasteiger partial charge in [0.15, 0.2) is 17.2 Å². The van der Waals surface area contributed by atoms with Crippen LogP contribution in [0.1, 0.15) is 16.7 Å². The second-order valence-corrected chi connectivity index (χ2v) is 5.45. The summed E-state index contributed by atoms with van der Waals surface area (Å²) in [7, 11) is 0. The van der Waals surface area contributed by atoms with Crippen molar-refractivity contribution in [2.75, 3.05) is 0 Å². The van der Waals surface area contributed by atoms with E-state index in [1.54, 1.807) is 24.3 Å². The van der Waals surface area contributed by atoms with E-state index in [1.165, 1.54) is 0 Å². The van der Waals surface area contributed by atoms with Gasteiger partial charge in [0.25, 0.3) is 0 Å². The van der Waals surface area contributed by atoms with Crippen molar-refractivity contribution >= 4 is 17.9 Å². The third-order valence-electron chi connectivity index (χ3n) is 3.61. The van der Waals surface area contributed by atoms with Gasteiger partial charge < -0.3 is 19.3 Å². The van der Waals surface area contributed by atoms with E-state index in [4.69, 9.17) is 14.2 Å². The molecule has 0 radical (unpaired) electrons. The van der Waals surface area contributed by atoms with Crippen LogP contribution in [0.4, 0.5) is 0 Å². The second kappa shape index (κ2) is 5.50. The average Bonchev–Trinajstić information content (AvgIpc) is 3.09. The molecular formula is C18H13NO5. The zero-order chi connectivity index (χ0) is 16.7. The largest absolute Gasteiger partial charge is 0.428 e. The third-order valence-corrected chi connectivity index (χ3v) is 3.61. The molecule has 0 aromatic heterocycles. The standard InChI is InChI=1S/C18H13NO5/c1-10-3-2-4-12(7-10)16-19-13(17(20)24-16)8-11-5-6-14-15(9-11)23-18(21)22-14/h2-9,18,21H,1H3/b13-8-. The number of carbonyl (C=O) groups excluding carboxylic acids is 1. The van der Waals surface area contributed by atoms with Crippen molar-refractivity contribution in [1.29, 1.82) is 0 Å². The summed E-state index contributed by atoms with van der Waals surface area (Å²) in [6, 6.07) is 12.6. The van der Waals surface area contributed by atoms with Gasteiger partial charge in [0.1, 0.15) is 0 Å². The zero-order valence-electron chi connectivity index (χ0n) is 12.7. The molecule has 1 atom stereocenters. The molecule has 0 bridgehead atoms. The molecule has 24 heavy (non-hydrogen) atoms. The van der Waals surface area contributed by atoms with Crippen LogP contribution < -0.4 is 9.47 Å². The number of aliphatic hydroxyl groups excluding tert-OH is 1. The Bertz CT molecular complexity index is 900. The topological polar surface area (TPSA) is 77.4 Å². The molecule has 0 spiro atoms. The van der Waals surface area contributed by atoms with Gasteiger partial charge in [0, 0.05) is 5.56 Å². The predicted octanol–water partition coefficient (Wildman–Crippen LogP) is 2.39. The van der Waals surface area contributed by atoms with Gasteiger partial charge in [-0.2, -0.15) is 0 Å². The SMILES string of the molecule is Cc1cccc(C2=N/C(=C\c3ccc4c(c3)OC(O)O4)C(=O)O2)c1. The minimum atomic E-state index is -1.30. The Hall–Kier alpha value is -3.12. The molecule has 2 heterocycles. The summed E-state index contributed by atoms with van der Waals surface area (Å²) in [6.45, 7) is 0.656. The molecule has 0 fully saturated rings. The van der Waals surface area contributed by atoms with E-state index < -0.39 is 12.4 Å². The number of ether oxygens (including phenoxy) is 3. The first-order valence-electron chi connectivity index (χ1n) is 7.33. The average molecular weight is 323 g/mol.